The van der Waals surface area contributed by atoms with Crippen LogP contribution in [0.5, 0.6) is 0 Å². The zero-order chi connectivity index (χ0) is 18.5. The van der Waals surface area contributed by atoms with Crippen LogP contribution in [0.25, 0.3) is 0 Å². The maximum absolute atomic E-state index is 12.2. The van der Waals surface area contributed by atoms with Crippen LogP contribution >= 0.6 is 0 Å². The van der Waals surface area contributed by atoms with Crippen molar-refractivity contribution >= 4 is 23.4 Å². The molecule has 7 heteroatoms. The lowest BCUT2D eigenvalue weighted by Gasteiger charge is -2.33. The van der Waals surface area contributed by atoms with Crippen molar-refractivity contribution in [2.24, 2.45) is 0 Å². The molecule has 7 nitrogen and oxygen atoms in total. The molecule has 2 aromatic rings. The van der Waals surface area contributed by atoms with Crippen molar-refractivity contribution in [1.29, 1.82) is 0 Å². The molecule has 3 heterocycles. The van der Waals surface area contributed by atoms with Gasteiger partial charge in [0.2, 0.25) is 0 Å². The average Bonchev–Trinajstić information content (AvgIpc) is 3.24. The Bertz CT molecular complexity index is 754. The lowest BCUT2D eigenvalue weighted by molar-refractivity contribution is 0.246. The second kappa shape index (κ2) is 8.24. The number of hydrogen-bond acceptors (Lipinski definition) is 5. The summed E-state index contributed by atoms with van der Waals surface area (Å²) in [6, 6.07) is 11.7. The number of nitrogens with one attached hydrogen (secondary N) is 2. The molecule has 1 aromatic carbocycles. The molecule has 2 aliphatic rings. The smallest absolute Gasteiger partial charge is 0.319 e. The number of carbonyl (C=O) groups is 1. The van der Waals surface area contributed by atoms with Gasteiger partial charge in [0.1, 0.15) is 18.0 Å². The molecule has 1 aromatic heterocycles. The number of para-hydroxylation sites is 1. The van der Waals surface area contributed by atoms with Crippen LogP contribution in [-0.4, -0.2) is 48.2 Å². The van der Waals surface area contributed by atoms with Crippen molar-refractivity contribution < 1.29 is 4.79 Å². The first-order valence-electron chi connectivity index (χ1n) is 9.72. The van der Waals surface area contributed by atoms with Crippen LogP contribution in [0.15, 0.2) is 42.7 Å². The molecule has 27 heavy (non-hydrogen) atoms. The maximum atomic E-state index is 12.2. The van der Waals surface area contributed by atoms with E-state index in [2.05, 4.69) is 36.5 Å². The third-order valence-corrected chi connectivity index (χ3v) is 5.25. The molecule has 0 bridgehead atoms. The van der Waals surface area contributed by atoms with Crippen LogP contribution in [0.4, 0.5) is 22.1 Å². The van der Waals surface area contributed by atoms with Crippen LogP contribution in [0.3, 0.4) is 0 Å². The van der Waals surface area contributed by atoms with Crippen molar-refractivity contribution in [3.05, 3.63) is 42.7 Å². The molecule has 0 aliphatic carbocycles. The first-order chi connectivity index (χ1) is 13.3. The van der Waals surface area contributed by atoms with Crippen LogP contribution < -0.4 is 20.4 Å². The Hall–Kier alpha value is -2.83. The number of carbonyl (C=O) groups excluding carboxylic acids is 1. The summed E-state index contributed by atoms with van der Waals surface area (Å²) in [5, 5.41) is 5.96. The molecule has 2 amide bonds. The lowest BCUT2D eigenvalue weighted by Crippen LogP contribution is -2.46. The molecule has 0 radical (unpaired) electrons. The summed E-state index contributed by atoms with van der Waals surface area (Å²) in [5.74, 6) is 2.01. The largest absolute Gasteiger partial charge is 0.356 e. The van der Waals surface area contributed by atoms with Gasteiger partial charge in [-0.2, -0.15) is 0 Å². The van der Waals surface area contributed by atoms with Gasteiger partial charge < -0.3 is 20.4 Å². The van der Waals surface area contributed by atoms with E-state index in [1.807, 2.05) is 30.3 Å². The van der Waals surface area contributed by atoms with Gasteiger partial charge in [0, 0.05) is 44.0 Å². The zero-order valence-corrected chi connectivity index (χ0v) is 15.5. The molecule has 142 valence electrons. The Balaban J connectivity index is 1.29. The Morgan fingerprint density at radius 1 is 0.926 bits per heavy atom. The summed E-state index contributed by atoms with van der Waals surface area (Å²) >= 11 is 0. The highest BCUT2D eigenvalue weighted by Crippen LogP contribution is 2.23. The van der Waals surface area contributed by atoms with E-state index >= 15 is 0 Å². The Kier molecular flexibility index (Phi) is 5.37. The Morgan fingerprint density at radius 2 is 1.56 bits per heavy atom. The number of aromatic nitrogens is 2. The molecule has 2 saturated heterocycles. The second-order valence-corrected chi connectivity index (χ2v) is 7.15. The molecule has 2 aliphatic heterocycles. The molecule has 2 N–H and O–H groups in total. The molecule has 0 saturated carbocycles. The third kappa shape index (κ3) is 4.48. The number of hydrogen-bond donors (Lipinski definition) is 2. The highest BCUT2D eigenvalue weighted by molar-refractivity contribution is 5.89. The van der Waals surface area contributed by atoms with Gasteiger partial charge in [-0.05, 0) is 37.8 Å². The number of rotatable bonds is 4. The van der Waals surface area contributed by atoms with Crippen molar-refractivity contribution in [2.45, 2.75) is 31.7 Å². The summed E-state index contributed by atoms with van der Waals surface area (Å²) in [4.78, 5) is 25.7. The second-order valence-electron chi connectivity index (χ2n) is 7.15. The predicted molar refractivity (Wildman–Crippen MR) is 107 cm³/mol. The van der Waals surface area contributed by atoms with E-state index in [4.69, 9.17) is 0 Å². The third-order valence-electron chi connectivity index (χ3n) is 5.25. The number of nitrogens with zero attached hydrogens (tertiary/aromatic N) is 4. The number of piperidine rings is 1. The van der Waals surface area contributed by atoms with E-state index in [1.54, 1.807) is 6.33 Å². The minimum absolute atomic E-state index is 0.141. The van der Waals surface area contributed by atoms with Gasteiger partial charge in [-0.1, -0.05) is 18.2 Å². The van der Waals surface area contributed by atoms with E-state index < -0.39 is 0 Å². The molecule has 4 rings (SSSR count). The standard InChI is InChI=1S/C20H26N6O/c27-20(23-16-6-2-1-3-7-16)24-17-8-12-26(13-9-17)19-14-18(21-15-22-19)25-10-4-5-11-25/h1-3,6-7,14-15,17H,4-5,8-13H2,(H2,23,24,27). The van der Waals surface area contributed by atoms with Crippen LogP contribution in [-0.2, 0) is 0 Å². The minimum atomic E-state index is -0.141. The van der Waals surface area contributed by atoms with Gasteiger partial charge in [-0.3, -0.25) is 0 Å². The summed E-state index contributed by atoms with van der Waals surface area (Å²) in [7, 11) is 0. The van der Waals surface area contributed by atoms with Crippen molar-refractivity contribution in [2.75, 3.05) is 41.3 Å². The highest BCUT2D eigenvalue weighted by Gasteiger charge is 2.23. The van der Waals surface area contributed by atoms with Crippen molar-refractivity contribution in [3.8, 4) is 0 Å². The van der Waals surface area contributed by atoms with E-state index in [1.165, 1.54) is 12.8 Å². The maximum Gasteiger partial charge on any atom is 0.319 e. The van der Waals surface area contributed by atoms with E-state index in [9.17, 15) is 4.79 Å². The van der Waals surface area contributed by atoms with Crippen molar-refractivity contribution in [3.63, 3.8) is 0 Å². The summed E-state index contributed by atoms with van der Waals surface area (Å²) in [6.07, 6.45) is 5.96. The summed E-state index contributed by atoms with van der Waals surface area (Å²) in [6.45, 7) is 3.93. The first kappa shape index (κ1) is 17.6. The summed E-state index contributed by atoms with van der Waals surface area (Å²) in [5.41, 5.74) is 0.808. The molecule has 0 unspecified atom stereocenters. The first-order valence-corrected chi connectivity index (χ1v) is 9.72. The fourth-order valence-corrected chi connectivity index (χ4v) is 3.76. The van der Waals surface area contributed by atoms with Gasteiger partial charge >= 0.3 is 6.03 Å². The SMILES string of the molecule is O=C(Nc1ccccc1)NC1CCN(c2cc(N3CCCC3)ncn2)CC1. The number of urea groups is 1. The number of amides is 2. The average molecular weight is 366 g/mol. The monoisotopic (exact) mass is 366 g/mol. The Morgan fingerprint density at radius 3 is 2.22 bits per heavy atom. The fourth-order valence-electron chi connectivity index (χ4n) is 3.76. The van der Waals surface area contributed by atoms with E-state index in [0.29, 0.717) is 0 Å². The van der Waals surface area contributed by atoms with E-state index in [0.717, 1.165) is 56.3 Å². The van der Waals surface area contributed by atoms with Gasteiger partial charge in [-0.15, -0.1) is 0 Å². The quantitative estimate of drug-likeness (QED) is 0.870. The van der Waals surface area contributed by atoms with Gasteiger partial charge in [-0.25, -0.2) is 14.8 Å². The topological polar surface area (TPSA) is 73.4 Å². The summed E-state index contributed by atoms with van der Waals surface area (Å²) < 4.78 is 0. The van der Waals surface area contributed by atoms with Crippen molar-refractivity contribution in [1.82, 2.24) is 15.3 Å². The van der Waals surface area contributed by atoms with Crippen LogP contribution in [0.1, 0.15) is 25.7 Å². The number of benzene rings is 1. The lowest BCUT2D eigenvalue weighted by atomic mass is 10.1. The van der Waals surface area contributed by atoms with Crippen LogP contribution in [0, 0.1) is 0 Å². The molecule has 2 fully saturated rings. The molecule has 0 spiro atoms. The predicted octanol–water partition coefficient (Wildman–Crippen LogP) is 2.87. The fraction of sp³-hybridized carbons (Fsp3) is 0.450. The van der Waals surface area contributed by atoms with Gasteiger partial charge in [0.25, 0.3) is 0 Å². The normalized spacial score (nSPS) is 17.8. The highest BCUT2D eigenvalue weighted by atomic mass is 16.2. The van der Waals surface area contributed by atoms with E-state index in [-0.39, 0.29) is 12.1 Å². The molecule has 0 atom stereocenters. The molecular formula is C20H26N6O. The Labute approximate surface area is 159 Å². The zero-order valence-electron chi connectivity index (χ0n) is 15.5. The minimum Gasteiger partial charge on any atom is -0.356 e. The van der Waals surface area contributed by atoms with Gasteiger partial charge in [0.05, 0.1) is 0 Å². The van der Waals surface area contributed by atoms with Gasteiger partial charge in [0.15, 0.2) is 0 Å². The van der Waals surface area contributed by atoms with Crippen LogP contribution in [0.2, 0.25) is 0 Å². The molecular weight excluding hydrogens is 340 g/mol. The number of anilines is 3.